The lowest BCUT2D eigenvalue weighted by atomic mass is 10.2. The maximum absolute atomic E-state index is 12.2. The molecule has 0 aliphatic heterocycles. The minimum absolute atomic E-state index is 0.00165. The summed E-state index contributed by atoms with van der Waals surface area (Å²) in [5.74, 6) is -0.580. The van der Waals surface area contributed by atoms with Gasteiger partial charge in [0.05, 0.1) is 4.92 Å². The van der Waals surface area contributed by atoms with Crippen molar-refractivity contribution in [2.75, 3.05) is 13.1 Å². The van der Waals surface area contributed by atoms with Crippen molar-refractivity contribution in [2.24, 2.45) is 0 Å². The van der Waals surface area contributed by atoms with Crippen LogP contribution in [-0.2, 0) is 11.3 Å². The van der Waals surface area contributed by atoms with Crippen molar-refractivity contribution in [2.45, 2.75) is 40.3 Å². The summed E-state index contributed by atoms with van der Waals surface area (Å²) in [6, 6.07) is 5.10. The van der Waals surface area contributed by atoms with E-state index in [1.54, 1.807) is 32.0 Å². The highest BCUT2D eigenvalue weighted by Gasteiger charge is 2.23. The molecule has 0 saturated heterocycles. The largest absolute Gasteiger partial charge is 0.481 e. The fraction of sp³-hybridized carbons (Fsp3) is 0.381. The Morgan fingerprint density at radius 1 is 1.26 bits per heavy atom. The molecule has 0 spiro atoms. The van der Waals surface area contributed by atoms with Crippen molar-refractivity contribution in [3.05, 3.63) is 62.0 Å². The molecule has 2 amide bonds. The first-order valence-electron chi connectivity index (χ1n) is 10.6. The van der Waals surface area contributed by atoms with Crippen LogP contribution in [0.2, 0.25) is 5.02 Å². The van der Waals surface area contributed by atoms with Crippen molar-refractivity contribution in [1.82, 2.24) is 30.6 Å². The molecule has 35 heavy (non-hydrogen) atoms. The number of hydrogen-bond acceptors (Lipinski definition) is 9. The molecular weight excluding hydrogens is 482 g/mol. The molecule has 3 rings (SSSR count). The molecule has 2 heterocycles. The molecule has 0 fully saturated rings. The fourth-order valence-electron chi connectivity index (χ4n) is 3.22. The van der Waals surface area contributed by atoms with Crippen LogP contribution >= 0.6 is 11.6 Å². The van der Waals surface area contributed by atoms with E-state index in [0.29, 0.717) is 16.5 Å². The highest BCUT2D eigenvalue weighted by Crippen LogP contribution is 2.23. The summed E-state index contributed by atoms with van der Waals surface area (Å²) in [6.07, 6.45) is -0.755. The topological polar surface area (TPSA) is 167 Å². The van der Waals surface area contributed by atoms with E-state index in [1.165, 1.54) is 11.6 Å². The van der Waals surface area contributed by atoms with Gasteiger partial charge in [-0.3, -0.25) is 24.4 Å². The highest BCUT2D eigenvalue weighted by molar-refractivity contribution is 6.30. The molecule has 0 bridgehead atoms. The smallest absolute Gasteiger partial charge is 0.316 e. The Hall–Kier alpha value is -4.00. The number of aromatic nitrogens is 4. The number of rotatable bonds is 10. The van der Waals surface area contributed by atoms with E-state index in [1.807, 2.05) is 6.92 Å². The van der Waals surface area contributed by atoms with Gasteiger partial charge in [-0.25, -0.2) is 0 Å². The van der Waals surface area contributed by atoms with E-state index in [-0.39, 0.29) is 48.6 Å². The average Bonchev–Trinajstić information content (AvgIpc) is 3.37. The quantitative estimate of drug-likeness (QED) is 0.238. The van der Waals surface area contributed by atoms with Gasteiger partial charge in [-0.05, 0) is 51.5 Å². The summed E-state index contributed by atoms with van der Waals surface area (Å²) < 4.78 is 12.0. The predicted octanol–water partition coefficient (Wildman–Crippen LogP) is 2.11. The minimum atomic E-state index is -0.755. The first kappa shape index (κ1) is 25.6. The van der Waals surface area contributed by atoms with Gasteiger partial charge in [0.25, 0.3) is 5.91 Å². The third kappa shape index (κ3) is 6.32. The first-order valence-corrected chi connectivity index (χ1v) is 10.9. The van der Waals surface area contributed by atoms with Crippen LogP contribution in [0.5, 0.6) is 5.75 Å². The second-order valence-corrected chi connectivity index (χ2v) is 8.10. The van der Waals surface area contributed by atoms with Crippen LogP contribution in [0.4, 0.5) is 5.69 Å². The number of aryl methyl sites for hydroxylation is 2. The van der Waals surface area contributed by atoms with Gasteiger partial charge in [-0.15, -0.1) is 0 Å². The predicted molar refractivity (Wildman–Crippen MR) is 123 cm³/mol. The number of hydrogen-bond donors (Lipinski definition) is 2. The molecule has 14 heteroatoms. The summed E-state index contributed by atoms with van der Waals surface area (Å²) in [4.78, 5) is 39.1. The molecule has 13 nitrogen and oxygen atoms in total. The summed E-state index contributed by atoms with van der Waals surface area (Å²) in [5, 5.41) is 24.7. The summed E-state index contributed by atoms with van der Waals surface area (Å²) in [5.41, 5.74) is 1.32. The van der Waals surface area contributed by atoms with Crippen molar-refractivity contribution in [3.63, 3.8) is 0 Å². The number of ether oxygens (including phenoxy) is 1. The molecule has 0 saturated carbocycles. The zero-order chi connectivity index (χ0) is 25.7. The SMILES string of the molecule is Cc1cc(Cl)ccc1OC(C)C(=O)NCCNC(=O)c1nc(Cn2nc(C)c([N+](=O)[O-])c2C)no1. The average molecular weight is 506 g/mol. The number of nitrogens with one attached hydrogen (secondary N) is 2. The van der Waals surface area contributed by atoms with Gasteiger partial charge in [0.15, 0.2) is 11.9 Å². The van der Waals surface area contributed by atoms with Gasteiger partial charge in [-0.2, -0.15) is 10.1 Å². The number of carbonyl (C=O) groups is 2. The molecule has 0 aliphatic rings. The van der Waals surface area contributed by atoms with Crippen LogP contribution in [0.15, 0.2) is 22.7 Å². The molecule has 1 unspecified atom stereocenters. The van der Waals surface area contributed by atoms with Gasteiger partial charge in [0.2, 0.25) is 0 Å². The van der Waals surface area contributed by atoms with Crippen LogP contribution < -0.4 is 15.4 Å². The van der Waals surface area contributed by atoms with Crippen molar-refractivity contribution in [3.8, 4) is 5.75 Å². The number of amides is 2. The third-order valence-corrected chi connectivity index (χ3v) is 5.23. The van der Waals surface area contributed by atoms with Crippen LogP contribution in [0.1, 0.15) is 40.4 Å². The molecule has 3 aromatic rings. The molecule has 1 atom stereocenters. The monoisotopic (exact) mass is 505 g/mol. The minimum Gasteiger partial charge on any atom is -0.481 e. The lowest BCUT2D eigenvalue weighted by molar-refractivity contribution is -0.386. The van der Waals surface area contributed by atoms with E-state index in [2.05, 4.69) is 25.9 Å². The Morgan fingerprint density at radius 3 is 2.63 bits per heavy atom. The highest BCUT2D eigenvalue weighted by atomic mass is 35.5. The van der Waals surface area contributed by atoms with Gasteiger partial charge in [-0.1, -0.05) is 16.8 Å². The fourth-order valence-corrected chi connectivity index (χ4v) is 3.45. The molecule has 0 radical (unpaired) electrons. The third-order valence-electron chi connectivity index (χ3n) is 5.00. The molecule has 1 aromatic carbocycles. The number of halogens is 1. The van der Waals surface area contributed by atoms with Gasteiger partial charge < -0.3 is 19.9 Å². The molecular formula is C21H24ClN7O6. The van der Waals surface area contributed by atoms with Crippen molar-refractivity contribution < 1.29 is 23.8 Å². The standard InChI is InChI=1S/C21H24ClN7O6/c1-11-9-15(22)5-6-16(11)34-14(4)19(30)23-7-8-24-20(31)21-25-17(27-35-21)10-28-13(3)18(29(32)33)12(2)26-28/h5-6,9,14H,7-8,10H2,1-4H3,(H,23,30)(H,24,31). The van der Waals surface area contributed by atoms with Crippen LogP contribution in [0.25, 0.3) is 0 Å². The van der Waals surface area contributed by atoms with E-state index in [4.69, 9.17) is 20.9 Å². The molecule has 2 N–H and O–H groups in total. The number of carbonyl (C=O) groups excluding carboxylic acids is 2. The summed E-state index contributed by atoms with van der Waals surface area (Å²) in [6.45, 7) is 6.78. The maximum atomic E-state index is 12.2. The molecule has 2 aromatic heterocycles. The van der Waals surface area contributed by atoms with Crippen molar-refractivity contribution in [1.29, 1.82) is 0 Å². The second-order valence-electron chi connectivity index (χ2n) is 7.67. The zero-order valence-electron chi connectivity index (χ0n) is 19.5. The van der Waals surface area contributed by atoms with Gasteiger partial charge >= 0.3 is 17.5 Å². The number of nitro groups is 1. The van der Waals surface area contributed by atoms with Crippen LogP contribution in [-0.4, -0.2) is 55.9 Å². The lowest BCUT2D eigenvalue weighted by Crippen LogP contribution is -2.40. The first-order chi connectivity index (χ1) is 16.6. The Labute approximate surface area is 204 Å². The lowest BCUT2D eigenvalue weighted by Gasteiger charge is -2.16. The van der Waals surface area contributed by atoms with Gasteiger partial charge in [0.1, 0.15) is 23.7 Å². The van der Waals surface area contributed by atoms with E-state index in [9.17, 15) is 19.7 Å². The number of benzene rings is 1. The zero-order valence-corrected chi connectivity index (χ0v) is 20.3. The Balaban J connectivity index is 1.45. The van der Waals surface area contributed by atoms with Crippen molar-refractivity contribution >= 4 is 29.1 Å². The normalized spacial score (nSPS) is 11.7. The maximum Gasteiger partial charge on any atom is 0.316 e. The van der Waals surface area contributed by atoms with Gasteiger partial charge in [0, 0.05) is 18.1 Å². The van der Waals surface area contributed by atoms with Crippen LogP contribution in [0, 0.1) is 30.9 Å². The summed E-state index contributed by atoms with van der Waals surface area (Å²) >= 11 is 5.92. The van der Waals surface area contributed by atoms with Crippen LogP contribution in [0.3, 0.4) is 0 Å². The Morgan fingerprint density at radius 2 is 1.97 bits per heavy atom. The molecule has 186 valence electrons. The molecule has 0 aliphatic carbocycles. The number of nitrogens with zero attached hydrogens (tertiary/aromatic N) is 5. The summed E-state index contributed by atoms with van der Waals surface area (Å²) in [7, 11) is 0. The second kappa shape index (κ2) is 11.0. The van der Waals surface area contributed by atoms with E-state index in [0.717, 1.165) is 5.56 Å². The Kier molecular flexibility index (Phi) is 8.02. The van der Waals surface area contributed by atoms with E-state index >= 15 is 0 Å². The van der Waals surface area contributed by atoms with E-state index < -0.39 is 16.9 Å². The Bertz CT molecular complexity index is 1260.